The molecule has 1 aromatic carbocycles. The summed E-state index contributed by atoms with van der Waals surface area (Å²) in [6.07, 6.45) is 0. The Morgan fingerprint density at radius 2 is 2.00 bits per heavy atom. The minimum atomic E-state index is -0.868. The van der Waals surface area contributed by atoms with Gasteiger partial charge in [-0.1, -0.05) is 6.58 Å². The molecule has 0 heterocycles. The fourth-order valence-corrected chi connectivity index (χ4v) is 1.37. The Morgan fingerprint density at radius 3 is 2.47 bits per heavy atom. The number of anilines is 1. The lowest BCUT2D eigenvalue weighted by molar-refractivity contribution is 0.508. The van der Waals surface area contributed by atoms with Crippen molar-refractivity contribution in [3.05, 3.63) is 35.9 Å². The average molecular weight is 212 g/mol. The molecule has 2 N–H and O–H groups in total. The first-order valence-corrected chi connectivity index (χ1v) is 4.52. The summed E-state index contributed by atoms with van der Waals surface area (Å²) in [5.74, 6) is -1.74. The molecule has 0 aliphatic carbocycles. The third-order valence-corrected chi connectivity index (χ3v) is 2.14. The van der Waals surface area contributed by atoms with Crippen molar-refractivity contribution in [1.29, 1.82) is 0 Å². The van der Waals surface area contributed by atoms with Crippen molar-refractivity contribution in [2.45, 2.75) is 0 Å². The minimum Gasteiger partial charge on any atom is -0.375 e. The molecular weight excluding hydrogens is 198 g/mol. The number of benzene rings is 1. The predicted octanol–water partition coefficient (Wildman–Crippen LogP) is 2.00. The fourth-order valence-electron chi connectivity index (χ4n) is 1.37. The third kappa shape index (κ3) is 2.15. The van der Waals surface area contributed by atoms with E-state index in [9.17, 15) is 8.78 Å². The van der Waals surface area contributed by atoms with Crippen LogP contribution in [0.1, 0.15) is 5.56 Å². The SMILES string of the molecule is C=C(CN)c1ccc(F)c(F)c1N(C)C. The minimum absolute atomic E-state index is 0.186. The zero-order valence-electron chi connectivity index (χ0n) is 8.85. The first-order valence-electron chi connectivity index (χ1n) is 4.52. The highest BCUT2D eigenvalue weighted by Gasteiger charge is 2.16. The molecule has 4 heteroatoms. The highest BCUT2D eigenvalue weighted by atomic mass is 19.2. The van der Waals surface area contributed by atoms with Gasteiger partial charge in [-0.25, -0.2) is 8.78 Å². The summed E-state index contributed by atoms with van der Waals surface area (Å²) in [6, 6.07) is 2.57. The van der Waals surface area contributed by atoms with Crippen LogP contribution in [-0.4, -0.2) is 20.6 Å². The Balaban J connectivity index is 3.40. The van der Waals surface area contributed by atoms with E-state index in [0.29, 0.717) is 11.1 Å². The Hall–Kier alpha value is -1.42. The van der Waals surface area contributed by atoms with Gasteiger partial charge in [-0.2, -0.15) is 0 Å². The Kier molecular flexibility index (Phi) is 3.42. The van der Waals surface area contributed by atoms with Crippen LogP contribution in [-0.2, 0) is 0 Å². The molecular formula is C11H14F2N2. The molecule has 0 fully saturated rings. The van der Waals surface area contributed by atoms with Crippen molar-refractivity contribution < 1.29 is 8.78 Å². The molecule has 0 saturated carbocycles. The Morgan fingerprint density at radius 1 is 1.40 bits per heavy atom. The topological polar surface area (TPSA) is 29.3 Å². The lowest BCUT2D eigenvalue weighted by atomic mass is 10.0. The lowest BCUT2D eigenvalue weighted by Crippen LogP contribution is -2.15. The molecule has 82 valence electrons. The predicted molar refractivity (Wildman–Crippen MR) is 58.8 cm³/mol. The number of rotatable bonds is 3. The molecule has 1 aromatic rings. The van der Waals surface area contributed by atoms with Crippen LogP contribution in [0.25, 0.3) is 5.57 Å². The fraction of sp³-hybridized carbons (Fsp3) is 0.273. The van der Waals surface area contributed by atoms with Crippen LogP contribution in [0.4, 0.5) is 14.5 Å². The molecule has 0 amide bonds. The van der Waals surface area contributed by atoms with E-state index in [1.54, 1.807) is 14.1 Å². The van der Waals surface area contributed by atoms with Gasteiger partial charge in [-0.05, 0) is 17.7 Å². The number of halogens is 2. The van der Waals surface area contributed by atoms with Crippen LogP contribution in [0.5, 0.6) is 0 Å². The monoisotopic (exact) mass is 212 g/mol. The van der Waals surface area contributed by atoms with E-state index in [1.165, 1.54) is 11.0 Å². The zero-order valence-corrected chi connectivity index (χ0v) is 8.85. The van der Waals surface area contributed by atoms with E-state index in [4.69, 9.17) is 5.73 Å². The van der Waals surface area contributed by atoms with Crippen LogP contribution in [0, 0.1) is 11.6 Å². The summed E-state index contributed by atoms with van der Waals surface area (Å²) in [4.78, 5) is 1.51. The van der Waals surface area contributed by atoms with E-state index in [-0.39, 0.29) is 12.2 Å². The quantitative estimate of drug-likeness (QED) is 0.830. The Labute approximate surface area is 88.0 Å². The second-order valence-corrected chi connectivity index (χ2v) is 3.46. The zero-order chi connectivity index (χ0) is 11.6. The van der Waals surface area contributed by atoms with Crippen molar-refractivity contribution in [2.75, 3.05) is 25.5 Å². The van der Waals surface area contributed by atoms with E-state index in [1.807, 2.05) is 0 Å². The molecule has 0 unspecified atom stereocenters. The van der Waals surface area contributed by atoms with Crippen LogP contribution in [0.15, 0.2) is 18.7 Å². The van der Waals surface area contributed by atoms with E-state index in [2.05, 4.69) is 6.58 Å². The Bertz CT molecular complexity index is 386. The summed E-state index contributed by atoms with van der Waals surface area (Å²) in [6.45, 7) is 3.93. The van der Waals surface area contributed by atoms with Crippen molar-refractivity contribution in [3.63, 3.8) is 0 Å². The molecule has 2 nitrogen and oxygen atoms in total. The molecule has 0 bridgehead atoms. The summed E-state index contributed by atoms with van der Waals surface area (Å²) in [7, 11) is 3.29. The van der Waals surface area contributed by atoms with E-state index < -0.39 is 11.6 Å². The number of nitrogens with zero attached hydrogens (tertiary/aromatic N) is 1. The van der Waals surface area contributed by atoms with Gasteiger partial charge in [0.1, 0.15) is 0 Å². The van der Waals surface area contributed by atoms with Crippen LogP contribution < -0.4 is 10.6 Å². The summed E-state index contributed by atoms with van der Waals surface area (Å²) in [5.41, 5.74) is 6.74. The number of hydrogen-bond acceptors (Lipinski definition) is 2. The normalized spacial score (nSPS) is 10.2. The molecule has 0 aliphatic rings. The molecule has 0 aliphatic heterocycles. The largest absolute Gasteiger partial charge is 0.375 e. The summed E-state index contributed by atoms with van der Waals surface area (Å²) >= 11 is 0. The van der Waals surface area contributed by atoms with Crippen molar-refractivity contribution in [1.82, 2.24) is 0 Å². The van der Waals surface area contributed by atoms with E-state index >= 15 is 0 Å². The van der Waals surface area contributed by atoms with Gasteiger partial charge in [-0.3, -0.25) is 0 Å². The van der Waals surface area contributed by atoms with Gasteiger partial charge < -0.3 is 10.6 Å². The number of hydrogen-bond donors (Lipinski definition) is 1. The van der Waals surface area contributed by atoms with E-state index in [0.717, 1.165) is 6.07 Å². The maximum absolute atomic E-state index is 13.5. The molecule has 1 rings (SSSR count). The van der Waals surface area contributed by atoms with Gasteiger partial charge in [0.2, 0.25) is 0 Å². The van der Waals surface area contributed by atoms with Crippen molar-refractivity contribution >= 4 is 11.3 Å². The molecule has 0 radical (unpaired) electrons. The van der Waals surface area contributed by atoms with Gasteiger partial charge in [0.15, 0.2) is 11.6 Å². The molecule has 0 atom stereocenters. The number of nitrogens with two attached hydrogens (primary N) is 1. The standard InChI is InChI=1S/C11H14F2N2/c1-7(6-14)8-4-5-9(12)10(13)11(8)15(2)3/h4-5H,1,6,14H2,2-3H3. The molecule has 0 spiro atoms. The highest BCUT2D eigenvalue weighted by Crippen LogP contribution is 2.29. The smallest absolute Gasteiger partial charge is 0.182 e. The molecule has 0 saturated heterocycles. The molecule has 0 aromatic heterocycles. The van der Waals surface area contributed by atoms with Gasteiger partial charge in [0, 0.05) is 26.2 Å². The maximum Gasteiger partial charge on any atom is 0.182 e. The maximum atomic E-state index is 13.5. The average Bonchev–Trinajstić information content (AvgIpc) is 2.20. The summed E-state index contributed by atoms with van der Waals surface area (Å²) < 4.78 is 26.5. The highest BCUT2D eigenvalue weighted by molar-refractivity contribution is 5.76. The van der Waals surface area contributed by atoms with Gasteiger partial charge in [0.05, 0.1) is 5.69 Å². The van der Waals surface area contributed by atoms with Crippen LogP contribution in [0.2, 0.25) is 0 Å². The third-order valence-electron chi connectivity index (χ3n) is 2.14. The van der Waals surface area contributed by atoms with Crippen LogP contribution >= 0.6 is 0 Å². The lowest BCUT2D eigenvalue weighted by Gasteiger charge is -2.19. The van der Waals surface area contributed by atoms with Gasteiger partial charge >= 0.3 is 0 Å². The van der Waals surface area contributed by atoms with Crippen LogP contribution in [0.3, 0.4) is 0 Å². The first-order chi connectivity index (χ1) is 6.99. The van der Waals surface area contributed by atoms with Gasteiger partial charge in [0.25, 0.3) is 0 Å². The first kappa shape index (κ1) is 11.7. The van der Waals surface area contributed by atoms with Crippen molar-refractivity contribution in [2.24, 2.45) is 5.73 Å². The van der Waals surface area contributed by atoms with Gasteiger partial charge in [-0.15, -0.1) is 0 Å². The summed E-state index contributed by atoms with van der Waals surface area (Å²) in [5, 5.41) is 0. The van der Waals surface area contributed by atoms with Crippen molar-refractivity contribution in [3.8, 4) is 0 Å². The second kappa shape index (κ2) is 4.40. The molecule has 15 heavy (non-hydrogen) atoms. The second-order valence-electron chi connectivity index (χ2n) is 3.46.